The zero-order valence-electron chi connectivity index (χ0n) is 15.8. The van der Waals surface area contributed by atoms with Gasteiger partial charge in [0.2, 0.25) is 0 Å². The smallest absolute Gasteiger partial charge is 0.191 e. The average molecular weight is 361 g/mol. The number of aryl methyl sites for hydroxylation is 3. The van der Waals surface area contributed by atoms with Crippen LogP contribution in [0.4, 0.5) is 0 Å². The highest BCUT2D eigenvalue weighted by atomic mass is 32.1. The largest absolute Gasteiger partial charge is 0.496 e. The third-order valence-corrected chi connectivity index (χ3v) is 5.24. The number of guanidine groups is 1. The van der Waals surface area contributed by atoms with Crippen LogP contribution in [-0.2, 0) is 12.8 Å². The summed E-state index contributed by atoms with van der Waals surface area (Å²) in [6, 6.07) is 6.34. The van der Waals surface area contributed by atoms with Crippen LogP contribution in [-0.4, -0.2) is 38.2 Å². The molecule has 25 heavy (non-hydrogen) atoms. The number of nitrogens with one attached hydrogen (secondary N) is 2. The van der Waals surface area contributed by atoms with Gasteiger partial charge in [-0.25, -0.2) is 4.98 Å². The Bertz CT molecular complexity index is 705. The zero-order valence-corrected chi connectivity index (χ0v) is 16.6. The molecule has 0 aliphatic carbocycles. The first kappa shape index (κ1) is 19.2. The molecule has 0 bridgehead atoms. The molecule has 0 radical (unpaired) electrons. The fraction of sp³-hybridized carbons (Fsp3) is 0.474. The molecule has 5 nitrogen and oxygen atoms in total. The lowest BCUT2D eigenvalue weighted by atomic mass is 10.1. The first-order valence-corrected chi connectivity index (χ1v) is 9.36. The predicted octanol–water partition coefficient (Wildman–Crippen LogP) is 3.03. The van der Waals surface area contributed by atoms with Gasteiger partial charge in [-0.1, -0.05) is 12.1 Å². The zero-order chi connectivity index (χ0) is 18.2. The van der Waals surface area contributed by atoms with E-state index in [1.807, 2.05) is 0 Å². The van der Waals surface area contributed by atoms with Crippen LogP contribution in [0.5, 0.6) is 5.75 Å². The Hall–Kier alpha value is -2.08. The number of hydrogen-bond donors (Lipinski definition) is 2. The molecule has 0 unspecified atom stereocenters. The van der Waals surface area contributed by atoms with E-state index in [1.165, 1.54) is 15.4 Å². The molecule has 1 heterocycles. The third kappa shape index (κ3) is 5.74. The van der Waals surface area contributed by atoms with Crippen molar-refractivity contribution in [3.8, 4) is 5.75 Å². The number of aliphatic imine (C=N–C) groups is 1. The highest BCUT2D eigenvalue weighted by molar-refractivity contribution is 7.11. The molecule has 1 aromatic heterocycles. The summed E-state index contributed by atoms with van der Waals surface area (Å²) in [4.78, 5) is 10.1. The Morgan fingerprint density at radius 3 is 2.48 bits per heavy atom. The van der Waals surface area contributed by atoms with Gasteiger partial charge in [-0.05, 0) is 44.4 Å². The van der Waals surface area contributed by atoms with E-state index in [0.29, 0.717) is 0 Å². The number of hydrogen-bond acceptors (Lipinski definition) is 4. The van der Waals surface area contributed by atoms with Crippen molar-refractivity contribution in [2.24, 2.45) is 4.99 Å². The third-order valence-electron chi connectivity index (χ3n) is 4.11. The van der Waals surface area contributed by atoms with Crippen LogP contribution in [0.15, 0.2) is 23.2 Å². The Balaban J connectivity index is 1.74. The molecule has 2 N–H and O–H groups in total. The van der Waals surface area contributed by atoms with Crippen LogP contribution in [0.3, 0.4) is 0 Å². The summed E-state index contributed by atoms with van der Waals surface area (Å²) >= 11 is 1.77. The van der Waals surface area contributed by atoms with E-state index in [0.717, 1.165) is 48.9 Å². The van der Waals surface area contributed by atoms with E-state index >= 15 is 0 Å². The average Bonchev–Trinajstić information content (AvgIpc) is 2.92. The number of ether oxygens (including phenoxy) is 1. The Labute approximate surface area is 154 Å². The monoisotopic (exact) mass is 360 g/mol. The van der Waals surface area contributed by atoms with E-state index < -0.39 is 0 Å². The van der Waals surface area contributed by atoms with Crippen LogP contribution in [0.25, 0.3) is 0 Å². The maximum atomic E-state index is 5.38. The summed E-state index contributed by atoms with van der Waals surface area (Å²) < 4.78 is 5.38. The highest BCUT2D eigenvalue weighted by Gasteiger charge is 2.05. The van der Waals surface area contributed by atoms with Crippen LogP contribution in [0.1, 0.15) is 26.7 Å². The number of aromatic nitrogens is 1. The summed E-state index contributed by atoms with van der Waals surface area (Å²) in [6.07, 6.45) is 1.83. The van der Waals surface area contributed by atoms with Crippen molar-refractivity contribution in [2.45, 2.75) is 33.6 Å². The van der Waals surface area contributed by atoms with Crippen molar-refractivity contribution >= 4 is 17.3 Å². The van der Waals surface area contributed by atoms with Crippen molar-refractivity contribution in [2.75, 3.05) is 27.2 Å². The molecular weight excluding hydrogens is 332 g/mol. The number of nitrogens with zero attached hydrogens (tertiary/aromatic N) is 2. The topological polar surface area (TPSA) is 58.5 Å². The van der Waals surface area contributed by atoms with Gasteiger partial charge in [-0.15, -0.1) is 11.3 Å². The number of methoxy groups -OCH3 is 1. The lowest BCUT2D eigenvalue weighted by Gasteiger charge is -2.12. The van der Waals surface area contributed by atoms with Crippen molar-refractivity contribution < 1.29 is 4.74 Å². The minimum Gasteiger partial charge on any atom is -0.496 e. The van der Waals surface area contributed by atoms with Crippen LogP contribution >= 0.6 is 11.3 Å². The van der Waals surface area contributed by atoms with Gasteiger partial charge in [0.05, 0.1) is 17.8 Å². The molecule has 0 aliphatic rings. The summed E-state index contributed by atoms with van der Waals surface area (Å²) in [6.45, 7) is 7.87. The SMILES string of the molecule is CN=C(NCCc1ccc(C)c(OC)c1)NCCc1nc(C)c(C)s1. The number of benzene rings is 1. The second kappa shape index (κ2) is 9.42. The minimum absolute atomic E-state index is 0.821. The molecule has 0 atom stereocenters. The lowest BCUT2D eigenvalue weighted by molar-refractivity contribution is 0.411. The molecule has 0 saturated heterocycles. The van der Waals surface area contributed by atoms with Gasteiger partial charge in [0.15, 0.2) is 5.96 Å². The van der Waals surface area contributed by atoms with Crippen molar-refractivity contribution in [1.82, 2.24) is 15.6 Å². The maximum Gasteiger partial charge on any atom is 0.191 e. The molecular formula is C19H28N4OS. The molecule has 6 heteroatoms. The second-order valence-corrected chi connectivity index (χ2v) is 7.27. The van der Waals surface area contributed by atoms with Gasteiger partial charge in [0, 0.05) is 31.4 Å². The Morgan fingerprint density at radius 1 is 1.16 bits per heavy atom. The summed E-state index contributed by atoms with van der Waals surface area (Å²) in [5.41, 5.74) is 3.54. The standard InChI is InChI=1S/C19H28N4OS/c1-13-6-7-16(12-17(13)24-5)8-10-21-19(20-4)22-11-9-18-23-14(2)15(3)25-18/h6-7,12H,8-11H2,1-5H3,(H2,20,21,22). The van der Waals surface area contributed by atoms with E-state index in [1.54, 1.807) is 25.5 Å². The Kier molecular flexibility index (Phi) is 7.25. The normalized spacial score (nSPS) is 11.5. The maximum absolute atomic E-state index is 5.38. The van der Waals surface area contributed by atoms with Crippen molar-refractivity contribution in [3.05, 3.63) is 44.9 Å². The molecule has 0 amide bonds. The fourth-order valence-corrected chi connectivity index (χ4v) is 3.43. The van der Waals surface area contributed by atoms with Crippen LogP contribution in [0, 0.1) is 20.8 Å². The quantitative estimate of drug-likeness (QED) is 0.589. The van der Waals surface area contributed by atoms with Gasteiger partial charge in [-0.3, -0.25) is 4.99 Å². The number of rotatable bonds is 7. The van der Waals surface area contributed by atoms with Crippen molar-refractivity contribution in [1.29, 1.82) is 0 Å². The first-order valence-electron chi connectivity index (χ1n) is 8.54. The van der Waals surface area contributed by atoms with Crippen LogP contribution < -0.4 is 15.4 Å². The second-order valence-electron chi connectivity index (χ2n) is 5.98. The molecule has 1 aromatic carbocycles. The van der Waals surface area contributed by atoms with E-state index in [4.69, 9.17) is 4.74 Å². The van der Waals surface area contributed by atoms with Gasteiger partial charge in [-0.2, -0.15) is 0 Å². The molecule has 0 fully saturated rings. The summed E-state index contributed by atoms with van der Waals surface area (Å²) in [5.74, 6) is 1.76. The van der Waals surface area contributed by atoms with E-state index in [-0.39, 0.29) is 0 Å². The van der Waals surface area contributed by atoms with Crippen molar-refractivity contribution in [3.63, 3.8) is 0 Å². The molecule has 2 rings (SSSR count). The molecule has 0 spiro atoms. The van der Waals surface area contributed by atoms with Gasteiger partial charge < -0.3 is 15.4 Å². The Morgan fingerprint density at radius 2 is 1.88 bits per heavy atom. The molecule has 0 aliphatic heterocycles. The molecule has 0 saturated carbocycles. The minimum atomic E-state index is 0.821. The van der Waals surface area contributed by atoms with E-state index in [2.05, 4.69) is 59.6 Å². The first-order chi connectivity index (χ1) is 12.0. The predicted molar refractivity (Wildman–Crippen MR) is 106 cm³/mol. The van der Waals surface area contributed by atoms with Crippen LogP contribution in [0.2, 0.25) is 0 Å². The summed E-state index contributed by atoms with van der Waals surface area (Å²) in [7, 11) is 3.50. The van der Waals surface area contributed by atoms with Gasteiger partial charge in [0.25, 0.3) is 0 Å². The number of thiazole rings is 1. The summed E-state index contributed by atoms with van der Waals surface area (Å²) in [5, 5.41) is 7.87. The molecule has 136 valence electrons. The lowest BCUT2D eigenvalue weighted by Crippen LogP contribution is -2.39. The fourth-order valence-electron chi connectivity index (χ4n) is 2.50. The van der Waals surface area contributed by atoms with Gasteiger partial charge in [0.1, 0.15) is 5.75 Å². The van der Waals surface area contributed by atoms with Gasteiger partial charge >= 0.3 is 0 Å². The highest BCUT2D eigenvalue weighted by Crippen LogP contribution is 2.19. The molecule has 2 aromatic rings. The van der Waals surface area contributed by atoms with E-state index in [9.17, 15) is 0 Å².